The number of hydrogen-bond donors (Lipinski definition) is 1. The Labute approximate surface area is 126 Å². The van der Waals surface area contributed by atoms with E-state index in [2.05, 4.69) is 4.98 Å². The molecule has 3 aromatic rings. The van der Waals surface area contributed by atoms with Crippen LogP contribution in [0, 0.1) is 5.82 Å². The first-order chi connectivity index (χ1) is 9.99. The van der Waals surface area contributed by atoms with Crippen molar-refractivity contribution in [3.8, 4) is 17.1 Å². The smallest absolute Gasteiger partial charge is 0.148 e. The van der Waals surface area contributed by atoms with E-state index in [1.165, 1.54) is 18.2 Å². The van der Waals surface area contributed by atoms with Gasteiger partial charge in [-0.3, -0.25) is 0 Å². The molecule has 2 aromatic carbocycles. The van der Waals surface area contributed by atoms with Gasteiger partial charge in [-0.25, -0.2) is 9.37 Å². The molecule has 0 radical (unpaired) electrons. The van der Waals surface area contributed by atoms with Crippen molar-refractivity contribution in [3.05, 3.63) is 47.2 Å². The molecule has 21 heavy (non-hydrogen) atoms. The summed E-state index contributed by atoms with van der Waals surface area (Å²) in [6.07, 6.45) is 0. The molecule has 0 aliphatic carbocycles. The van der Waals surface area contributed by atoms with Gasteiger partial charge < -0.3 is 9.67 Å². The van der Waals surface area contributed by atoms with Gasteiger partial charge in [0.2, 0.25) is 0 Å². The van der Waals surface area contributed by atoms with E-state index in [1.807, 2.05) is 24.5 Å². The normalized spacial score (nSPS) is 11.5. The summed E-state index contributed by atoms with van der Waals surface area (Å²) in [6.45, 7) is 3.97. The van der Waals surface area contributed by atoms with E-state index >= 15 is 0 Å². The van der Waals surface area contributed by atoms with Gasteiger partial charge in [-0.05, 0) is 44.2 Å². The van der Waals surface area contributed by atoms with Crippen LogP contribution < -0.4 is 0 Å². The molecule has 0 amide bonds. The molecule has 0 aliphatic heterocycles. The highest BCUT2D eigenvalue weighted by Crippen LogP contribution is 2.35. The van der Waals surface area contributed by atoms with Crippen LogP contribution in [0.3, 0.4) is 0 Å². The topological polar surface area (TPSA) is 38.0 Å². The Morgan fingerprint density at radius 1 is 1.24 bits per heavy atom. The zero-order valence-corrected chi connectivity index (χ0v) is 12.4. The van der Waals surface area contributed by atoms with Crippen molar-refractivity contribution in [1.29, 1.82) is 0 Å². The molecule has 0 spiro atoms. The summed E-state index contributed by atoms with van der Waals surface area (Å²) in [5, 5.41) is 10.6. The first-order valence-electron chi connectivity index (χ1n) is 6.64. The van der Waals surface area contributed by atoms with E-state index in [0.717, 1.165) is 5.52 Å². The van der Waals surface area contributed by atoms with Gasteiger partial charge in [0.1, 0.15) is 17.4 Å². The van der Waals surface area contributed by atoms with Crippen molar-refractivity contribution in [1.82, 2.24) is 9.55 Å². The number of hydrogen-bond acceptors (Lipinski definition) is 2. The Morgan fingerprint density at radius 2 is 2.00 bits per heavy atom. The molecule has 3 rings (SSSR count). The Bertz CT molecular complexity index is 806. The molecule has 0 saturated heterocycles. The van der Waals surface area contributed by atoms with Crippen LogP contribution in [0.25, 0.3) is 22.4 Å². The highest BCUT2D eigenvalue weighted by molar-refractivity contribution is 6.31. The van der Waals surface area contributed by atoms with E-state index in [-0.39, 0.29) is 17.4 Å². The lowest BCUT2D eigenvalue weighted by molar-refractivity contribution is 0.470. The quantitative estimate of drug-likeness (QED) is 0.739. The van der Waals surface area contributed by atoms with Gasteiger partial charge in [0.25, 0.3) is 0 Å². The summed E-state index contributed by atoms with van der Waals surface area (Å²) >= 11 is 6.00. The third-order valence-corrected chi connectivity index (χ3v) is 3.62. The standard InChI is InChI=1S/C16H14ClFN2O/c1-9(2)20-13-7-6-10(17)8-12(13)19-16(20)15-11(18)4-3-5-14(15)21/h3-9,21H,1-2H3. The molecule has 1 aromatic heterocycles. The summed E-state index contributed by atoms with van der Waals surface area (Å²) in [5.41, 5.74) is 1.64. The van der Waals surface area contributed by atoms with Crippen LogP contribution >= 0.6 is 11.6 Å². The minimum absolute atomic E-state index is 0.0604. The number of imidazole rings is 1. The average molecular weight is 305 g/mol. The molecular weight excluding hydrogens is 291 g/mol. The predicted octanol–water partition coefficient (Wildman–Crippen LogP) is 4.78. The van der Waals surface area contributed by atoms with Crippen molar-refractivity contribution < 1.29 is 9.50 Å². The first-order valence-corrected chi connectivity index (χ1v) is 7.02. The number of aromatic nitrogens is 2. The van der Waals surface area contributed by atoms with Crippen LogP contribution in [0.5, 0.6) is 5.75 Å². The van der Waals surface area contributed by atoms with Crippen LogP contribution in [0.4, 0.5) is 4.39 Å². The van der Waals surface area contributed by atoms with Crippen molar-refractivity contribution in [2.45, 2.75) is 19.9 Å². The third kappa shape index (κ3) is 2.25. The maximum Gasteiger partial charge on any atom is 0.148 e. The van der Waals surface area contributed by atoms with E-state index in [1.54, 1.807) is 12.1 Å². The maximum atomic E-state index is 14.1. The molecule has 0 bridgehead atoms. The number of fused-ring (bicyclic) bond motifs is 1. The zero-order chi connectivity index (χ0) is 15.1. The predicted molar refractivity (Wildman–Crippen MR) is 82.2 cm³/mol. The Hall–Kier alpha value is -2.07. The molecule has 0 saturated carbocycles. The van der Waals surface area contributed by atoms with E-state index in [4.69, 9.17) is 11.6 Å². The number of benzene rings is 2. The SMILES string of the molecule is CC(C)n1c(-c2c(O)cccc2F)nc2cc(Cl)ccc21. The lowest BCUT2D eigenvalue weighted by Gasteiger charge is -2.14. The lowest BCUT2D eigenvalue weighted by Crippen LogP contribution is -2.04. The molecule has 3 nitrogen and oxygen atoms in total. The summed E-state index contributed by atoms with van der Waals surface area (Å²) in [5.74, 6) is -0.227. The summed E-state index contributed by atoms with van der Waals surface area (Å²) in [4.78, 5) is 4.47. The molecule has 108 valence electrons. The minimum atomic E-state index is -0.502. The van der Waals surface area contributed by atoms with Crippen LogP contribution in [-0.2, 0) is 0 Å². The van der Waals surface area contributed by atoms with E-state index < -0.39 is 5.82 Å². The molecule has 0 unspecified atom stereocenters. The van der Waals surface area contributed by atoms with Crippen molar-refractivity contribution in [2.75, 3.05) is 0 Å². The maximum absolute atomic E-state index is 14.1. The number of aromatic hydroxyl groups is 1. The first kappa shape index (κ1) is 13.9. The van der Waals surface area contributed by atoms with Gasteiger partial charge in [0.15, 0.2) is 0 Å². The molecule has 1 N–H and O–H groups in total. The second kappa shape index (κ2) is 5.04. The van der Waals surface area contributed by atoms with Crippen LogP contribution in [0.1, 0.15) is 19.9 Å². The summed E-state index contributed by atoms with van der Waals surface area (Å²) < 4.78 is 16.0. The minimum Gasteiger partial charge on any atom is -0.507 e. The van der Waals surface area contributed by atoms with Gasteiger partial charge in [-0.1, -0.05) is 17.7 Å². The number of halogens is 2. The summed E-state index contributed by atoms with van der Waals surface area (Å²) in [7, 11) is 0. The van der Waals surface area contributed by atoms with Gasteiger partial charge in [-0.15, -0.1) is 0 Å². The van der Waals surface area contributed by atoms with Crippen molar-refractivity contribution in [2.24, 2.45) is 0 Å². The van der Waals surface area contributed by atoms with Crippen molar-refractivity contribution in [3.63, 3.8) is 0 Å². The van der Waals surface area contributed by atoms with Gasteiger partial charge in [-0.2, -0.15) is 0 Å². The van der Waals surface area contributed by atoms with E-state index in [9.17, 15) is 9.50 Å². The lowest BCUT2D eigenvalue weighted by atomic mass is 10.1. The monoisotopic (exact) mass is 304 g/mol. The third-order valence-electron chi connectivity index (χ3n) is 3.38. The Balaban J connectivity index is 2.39. The second-order valence-corrected chi connectivity index (χ2v) is 5.60. The van der Waals surface area contributed by atoms with Gasteiger partial charge in [0.05, 0.1) is 16.6 Å². The van der Waals surface area contributed by atoms with Crippen LogP contribution in [-0.4, -0.2) is 14.7 Å². The summed E-state index contributed by atoms with van der Waals surface area (Å²) in [6, 6.07) is 9.65. The molecular formula is C16H14ClFN2O. The average Bonchev–Trinajstić information content (AvgIpc) is 2.76. The molecule has 0 atom stereocenters. The van der Waals surface area contributed by atoms with E-state index in [0.29, 0.717) is 16.4 Å². The molecule has 5 heteroatoms. The second-order valence-electron chi connectivity index (χ2n) is 5.17. The molecule has 1 heterocycles. The fourth-order valence-electron chi connectivity index (χ4n) is 2.51. The highest BCUT2D eigenvalue weighted by atomic mass is 35.5. The van der Waals surface area contributed by atoms with Crippen LogP contribution in [0.15, 0.2) is 36.4 Å². The van der Waals surface area contributed by atoms with Crippen molar-refractivity contribution >= 4 is 22.6 Å². The fourth-order valence-corrected chi connectivity index (χ4v) is 2.67. The van der Waals surface area contributed by atoms with Crippen LogP contribution in [0.2, 0.25) is 5.02 Å². The number of nitrogens with zero attached hydrogens (tertiary/aromatic N) is 2. The number of phenols is 1. The van der Waals surface area contributed by atoms with Gasteiger partial charge in [0, 0.05) is 11.1 Å². The number of phenolic OH excluding ortho intramolecular Hbond substituents is 1. The highest BCUT2D eigenvalue weighted by Gasteiger charge is 2.20. The zero-order valence-electron chi connectivity index (χ0n) is 11.6. The Morgan fingerprint density at radius 3 is 2.67 bits per heavy atom. The molecule has 0 aliphatic rings. The largest absolute Gasteiger partial charge is 0.507 e. The Kier molecular flexibility index (Phi) is 3.33. The number of rotatable bonds is 2. The fraction of sp³-hybridized carbons (Fsp3) is 0.188. The van der Waals surface area contributed by atoms with Gasteiger partial charge >= 0.3 is 0 Å². The molecule has 0 fully saturated rings.